The Labute approximate surface area is 73.2 Å². The highest BCUT2D eigenvalue weighted by Crippen LogP contribution is 2.26. The lowest BCUT2D eigenvalue weighted by atomic mass is 10.3. The van der Waals surface area contributed by atoms with E-state index in [0.29, 0.717) is 18.9 Å². The highest BCUT2D eigenvalue weighted by atomic mass is 15.2. The summed E-state index contributed by atoms with van der Waals surface area (Å²) in [6.07, 6.45) is 3.66. The molecule has 0 aromatic rings. The molecule has 0 radical (unpaired) electrons. The molecule has 1 aliphatic carbocycles. The summed E-state index contributed by atoms with van der Waals surface area (Å²) in [7, 11) is 0. The van der Waals surface area contributed by atoms with Gasteiger partial charge in [0.1, 0.15) is 0 Å². The van der Waals surface area contributed by atoms with E-state index in [1.54, 1.807) is 0 Å². The summed E-state index contributed by atoms with van der Waals surface area (Å²) in [4.78, 5) is 2.26. The van der Waals surface area contributed by atoms with Crippen LogP contribution >= 0.6 is 0 Å². The van der Waals surface area contributed by atoms with Crippen molar-refractivity contribution in [2.24, 2.45) is 0 Å². The van der Waals surface area contributed by atoms with E-state index in [0.717, 1.165) is 13.1 Å². The first-order valence-corrected chi connectivity index (χ1v) is 4.36. The minimum absolute atomic E-state index is 0.585. The molecule has 0 atom stereocenters. The van der Waals surface area contributed by atoms with E-state index >= 15 is 0 Å². The summed E-state index contributed by atoms with van der Waals surface area (Å²) in [5, 5.41) is 16.8. The molecular weight excluding hydrogens is 150 g/mol. The van der Waals surface area contributed by atoms with Crippen molar-refractivity contribution in [3.05, 3.63) is 0 Å². The van der Waals surface area contributed by atoms with Crippen LogP contribution in [0.3, 0.4) is 0 Å². The van der Waals surface area contributed by atoms with E-state index in [2.05, 4.69) is 17.0 Å². The van der Waals surface area contributed by atoms with Crippen molar-refractivity contribution in [3.8, 4) is 12.1 Å². The molecule has 1 aliphatic rings. The van der Waals surface area contributed by atoms with Crippen LogP contribution in [0.15, 0.2) is 0 Å². The van der Waals surface area contributed by atoms with E-state index in [1.165, 1.54) is 12.8 Å². The summed E-state index contributed by atoms with van der Waals surface area (Å²) < 4.78 is 0. The Morgan fingerprint density at radius 1 is 1.08 bits per heavy atom. The minimum atomic E-state index is 0.585. The molecule has 1 rings (SSSR count). The molecule has 0 unspecified atom stereocenters. The van der Waals surface area contributed by atoms with Gasteiger partial charge in [0.05, 0.1) is 12.1 Å². The largest absolute Gasteiger partial charge is 0.298 e. The zero-order valence-electron chi connectivity index (χ0n) is 7.16. The molecule has 0 N–H and O–H groups in total. The van der Waals surface area contributed by atoms with Crippen molar-refractivity contribution < 1.29 is 0 Å². The Morgan fingerprint density at radius 3 is 1.92 bits per heavy atom. The minimum Gasteiger partial charge on any atom is -0.298 e. The molecule has 0 saturated heterocycles. The second-order valence-corrected chi connectivity index (χ2v) is 3.08. The monoisotopic (exact) mass is 163 g/mol. The zero-order chi connectivity index (χ0) is 8.81. The quantitative estimate of drug-likeness (QED) is 0.613. The summed E-state index contributed by atoms with van der Waals surface area (Å²) in [6, 6.07) is 4.94. The molecule has 0 aromatic carbocycles. The Hall–Kier alpha value is -1.06. The molecular formula is C9H13N3. The highest BCUT2D eigenvalue weighted by Gasteiger charge is 2.27. The van der Waals surface area contributed by atoms with Crippen LogP contribution in [-0.4, -0.2) is 24.0 Å². The Bertz CT molecular complexity index is 189. The number of rotatable bonds is 5. The summed E-state index contributed by atoms with van der Waals surface area (Å²) in [6.45, 7) is 1.67. The van der Waals surface area contributed by atoms with Crippen molar-refractivity contribution >= 4 is 0 Å². The average Bonchev–Trinajstić information content (AvgIpc) is 2.88. The molecule has 0 spiro atoms. The van der Waals surface area contributed by atoms with Crippen LogP contribution < -0.4 is 0 Å². The SMILES string of the molecule is N#CCCN(CCC#N)C1CC1. The maximum absolute atomic E-state index is 8.40. The Balaban J connectivity index is 2.20. The van der Waals surface area contributed by atoms with Crippen molar-refractivity contribution in [1.29, 1.82) is 10.5 Å². The van der Waals surface area contributed by atoms with Crippen LogP contribution in [-0.2, 0) is 0 Å². The third-order valence-corrected chi connectivity index (χ3v) is 2.08. The van der Waals surface area contributed by atoms with Gasteiger partial charge in [-0.05, 0) is 12.8 Å². The fourth-order valence-corrected chi connectivity index (χ4v) is 1.30. The van der Waals surface area contributed by atoms with Crippen molar-refractivity contribution in [3.63, 3.8) is 0 Å². The first kappa shape index (κ1) is 9.03. The summed E-state index contributed by atoms with van der Waals surface area (Å²) in [5.74, 6) is 0. The highest BCUT2D eigenvalue weighted by molar-refractivity contribution is 4.87. The topological polar surface area (TPSA) is 50.8 Å². The second kappa shape index (κ2) is 4.74. The van der Waals surface area contributed by atoms with Gasteiger partial charge in [0, 0.05) is 32.0 Å². The van der Waals surface area contributed by atoms with Gasteiger partial charge in [-0.15, -0.1) is 0 Å². The molecule has 1 fully saturated rings. The molecule has 12 heavy (non-hydrogen) atoms. The second-order valence-electron chi connectivity index (χ2n) is 3.08. The van der Waals surface area contributed by atoms with Crippen LogP contribution in [0.25, 0.3) is 0 Å². The molecule has 0 bridgehead atoms. The molecule has 0 heterocycles. The molecule has 0 amide bonds. The lowest BCUT2D eigenvalue weighted by molar-refractivity contribution is 0.276. The van der Waals surface area contributed by atoms with Crippen molar-refractivity contribution in [2.45, 2.75) is 31.7 Å². The van der Waals surface area contributed by atoms with Gasteiger partial charge in [0.15, 0.2) is 0 Å². The van der Waals surface area contributed by atoms with Crippen molar-refractivity contribution in [1.82, 2.24) is 4.90 Å². The predicted molar refractivity (Wildman–Crippen MR) is 45.1 cm³/mol. The zero-order valence-corrected chi connectivity index (χ0v) is 7.16. The maximum Gasteiger partial charge on any atom is 0.0635 e. The number of hydrogen-bond acceptors (Lipinski definition) is 3. The summed E-state index contributed by atoms with van der Waals surface area (Å²) >= 11 is 0. The van der Waals surface area contributed by atoms with E-state index in [1.807, 2.05) is 0 Å². The average molecular weight is 163 g/mol. The van der Waals surface area contributed by atoms with Crippen LogP contribution in [0.5, 0.6) is 0 Å². The number of nitrogens with zero attached hydrogens (tertiary/aromatic N) is 3. The molecule has 0 aliphatic heterocycles. The lowest BCUT2D eigenvalue weighted by Crippen LogP contribution is -2.27. The predicted octanol–water partition coefficient (Wildman–Crippen LogP) is 1.28. The summed E-state index contributed by atoms with van der Waals surface area (Å²) in [5.41, 5.74) is 0. The van der Waals surface area contributed by atoms with Gasteiger partial charge in [-0.1, -0.05) is 0 Å². The van der Waals surface area contributed by atoms with Gasteiger partial charge in [0.25, 0.3) is 0 Å². The molecule has 0 aromatic heterocycles. The third kappa shape index (κ3) is 2.90. The first-order chi connectivity index (χ1) is 5.88. The van der Waals surface area contributed by atoms with E-state index < -0.39 is 0 Å². The molecule has 3 heteroatoms. The van der Waals surface area contributed by atoms with Gasteiger partial charge in [-0.3, -0.25) is 4.90 Å². The van der Waals surface area contributed by atoms with Crippen LogP contribution in [0, 0.1) is 22.7 Å². The van der Waals surface area contributed by atoms with Gasteiger partial charge >= 0.3 is 0 Å². The fourth-order valence-electron chi connectivity index (χ4n) is 1.30. The first-order valence-electron chi connectivity index (χ1n) is 4.36. The fraction of sp³-hybridized carbons (Fsp3) is 0.778. The Kier molecular flexibility index (Phi) is 3.57. The van der Waals surface area contributed by atoms with Gasteiger partial charge < -0.3 is 0 Å². The van der Waals surface area contributed by atoms with E-state index in [9.17, 15) is 0 Å². The van der Waals surface area contributed by atoms with Gasteiger partial charge in [-0.25, -0.2) is 0 Å². The van der Waals surface area contributed by atoms with Crippen LogP contribution in [0.2, 0.25) is 0 Å². The molecule has 3 nitrogen and oxygen atoms in total. The Morgan fingerprint density at radius 2 is 1.58 bits per heavy atom. The number of hydrogen-bond donors (Lipinski definition) is 0. The van der Waals surface area contributed by atoms with Gasteiger partial charge in [-0.2, -0.15) is 10.5 Å². The standard InChI is InChI=1S/C9H13N3/c10-5-1-7-12(8-2-6-11)9-3-4-9/h9H,1-4,7-8H2. The lowest BCUT2D eigenvalue weighted by Gasteiger charge is -2.18. The maximum atomic E-state index is 8.40. The van der Waals surface area contributed by atoms with Crippen LogP contribution in [0.4, 0.5) is 0 Å². The van der Waals surface area contributed by atoms with E-state index in [4.69, 9.17) is 10.5 Å². The number of nitriles is 2. The van der Waals surface area contributed by atoms with Gasteiger partial charge in [0.2, 0.25) is 0 Å². The molecule has 64 valence electrons. The smallest absolute Gasteiger partial charge is 0.0635 e. The van der Waals surface area contributed by atoms with E-state index in [-0.39, 0.29) is 0 Å². The van der Waals surface area contributed by atoms with Crippen molar-refractivity contribution in [2.75, 3.05) is 13.1 Å². The molecule has 1 saturated carbocycles. The third-order valence-electron chi connectivity index (χ3n) is 2.08. The normalized spacial score (nSPS) is 15.6. The van der Waals surface area contributed by atoms with Crippen LogP contribution in [0.1, 0.15) is 25.7 Å².